The summed E-state index contributed by atoms with van der Waals surface area (Å²) in [7, 11) is 1.67. The summed E-state index contributed by atoms with van der Waals surface area (Å²) in [5.41, 5.74) is 2.10. The van der Waals surface area contributed by atoms with Crippen LogP contribution in [-0.4, -0.2) is 54.0 Å². The number of benzene rings is 2. The highest BCUT2D eigenvalue weighted by Gasteiger charge is 2.24. The number of thiazole rings is 1. The molecule has 4 rings (SSSR count). The summed E-state index contributed by atoms with van der Waals surface area (Å²) >= 11 is 7.59. The molecule has 0 unspecified atom stereocenters. The Kier molecular flexibility index (Phi) is 6.13. The van der Waals surface area contributed by atoms with Crippen LogP contribution in [0.3, 0.4) is 0 Å². The summed E-state index contributed by atoms with van der Waals surface area (Å²) < 4.78 is 5.44. The average Bonchev–Trinajstić information content (AvgIpc) is 3.25. The van der Waals surface area contributed by atoms with Gasteiger partial charge in [0.1, 0.15) is 15.6 Å². The highest BCUT2D eigenvalue weighted by atomic mass is 35.5. The van der Waals surface area contributed by atoms with Gasteiger partial charge in [0.05, 0.1) is 13.3 Å². The van der Waals surface area contributed by atoms with Gasteiger partial charge in [-0.05, 0) is 18.2 Å². The molecule has 0 saturated carbocycles. The third-order valence-electron chi connectivity index (χ3n) is 5.03. The van der Waals surface area contributed by atoms with Crippen molar-refractivity contribution in [2.24, 2.45) is 0 Å². The van der Waals surface area contributed by atoms with Gasteiger partial charge in [0.15, 0.2) is 0 Å². The first-order chi connectivity index (χ1) is 14.1. The van der Waals surface area contributed by atoms with E-state index in [1.807, 2.05) is 53.4 Å². The van der Waals surface area contributed by atoms with Crippen LogP contribution < -0.4 is 4.74 Å². The van der Waals surface area contributed by atoms with Crippen molar-refractivity contribution in [3.63, 3.8) is 0 Å². The van der Waals surface area contributed by atoms with Crippen LogP contribution in [0.1, 0.15) is 15.2 Å². The molecule has 0 radical (unpaired) electrons. The van der Waals surface area contributed by atoms with Crippen molar-refractivity contribution in [2.75, 3.05) is 33.3 Å². The van der Waals surface area contributed by atoms with E-state index in [1.165, 1.54) is 11.3 Å². The molecule has 0 bridgehead atoms. The van der Waals surface area contributed by atoms with Crippen LogP contribution in [0.25, 0.3) is 10.6 Å². The third-order valence-corrected chi connectivity index (χ3v) is 6.30. The molecule has 5 nitrogen and oxygen atoms in total. The molecule has 29 heavy (non-hydrogen) atoms. The standard InChI is InChI=1S/C22H22ClN3O2S/c1-28-19-8-7-18(23)13-17(19)15-25-9-11-26(12-10-25)22(27)20-14-24-21(29-20)16-5-3-2-4-6-16/h2-8,13-14H,9-12,15H2,1H3. The zero-order valence-electron chi connectivity index (χ0n) is 16.2. The van der Waals surface area contributed by atoms with Crippen LogP contribution in [0.4, 0.5) is 0 Å². The molecular weight excluding hydrogens is 406 g/mol. The molecule has 0 N–H and O–H groups in total. The molecule has 1 aromatic heterocycles. The van der Waals surface area contributed by atoms with Crippen molar-refractivity contribution in [1.29, 1.82) is 0 Å². The number of aromatic nitrogens is 1. The van der Waals surface area contributed by atoms with E-state index in [1.54, 1.807) is 13.3 Å². The van der Waals surface area contributed by atoms with Gasteiger partial charge < -0.3 is 9.64 Å². The first kappa shape index (κ1) is 19.9. The lowest BCUT2D eigenvalue weighted by Crippen LogP contribution is -2.48. The minimum atomic E-state index is 0.0599. The number of ether oxygens (including phenoxy) is 1. The largest absolute Gasteiger partial charge is 0.496 e. The van der Waals surface area contributed by atoms with Crippen molar-refractivity contribution in [3.8, 4) is 16.3 Å². The van der Waals surface area contributed by atoms with Gasteiger partial charge in [-0.25, -0.2) is 4.98 Å². The van der Waals surface area contributed by atoms with Gasteiger partial charge in [0.25, 0.3) is 5.91 Å². The highest BCUT2D eigenvalue weighted by Crippen LogP contribution is 2.27. The second-order valence-corrected chi connectivity index (χ2v) is 8.39. The maximum atomic E-state index is 12.9. The maximum absolute atomic E-state index is 12.9. The van der Waals surface area contributed by atoms with E-state index in [4.69, 9.17) is 16.3 Å². The molecule has 150 valence electrons. The number of hydrogen-bond donors (Lipinski definition) is 0. The molecule has 2 aromatic carbocycles. The Hall–Kier alpha value is -2.41. The maximum Gasteiger partial charge on any atom is 0.265 e. The van der Waals surface area contributed by atoms with Gasteiger partial charge in [-0.2, -0.15) is 0 Å². The number of methoxy groups -OCH3 is 1. The van der Waals surface area contributed by atoms with Crippen LogP contribution in [0, 0.1) is 0 Å². The van der Waals surface area contributed by atoms with Crippen LogP contribution in [0.15, 0.2) is 54.7 Å². The summed E-state index contributed by atoms with van der Waals surface area (Å²) in [6.07, 6.45) is 1.69. The fourth-order valence-electron chi connectivity index (χ4n) is 3.46. The van der Waals surface area contributed by atoms with Crippen LogP contribution >= 0.6 is 22.9 Å². The molecule has 7 heteroatoms. The van der Waals surface area contributed by atoms with Gasteiger partial charge in [-0.1, -0.05) is 41.9 Å². The van der Waals surface area contributed by atoms with E-state index in [2.05, 4.69) is 9.88 Å². The summed E-state index contributed by atoms with van der Waals surface area (Å²) in [5, 5.41) is 1.58. The third kappa shape index (κ3) is 4.61. The van der Waals surface area contributed by atoms with Gasteiger partial charge >= 0.3 is 0 Å². The number of carbonyl (C=O) groups is 1. The van der Waals surface area contributed by atoms with Crippen molar-refractivity contribution in [3.05, 3.63) is 70.2 Å². The summed E-state index contributed by atoms with van der Waals surface area (Å²) in [6, 6.07) is 15.6. The lowest BCUT2D eigenvalue weighted by atomic mass is 10.1. The normalized spacial score (nSPS) is 14.8. The number of amides is 1. The molecule has 2 heterocycles. The quantitative estimate of drug-likeness (QED) is 0.604. The Morgan fingerprint density at radius 3 is 2.62 bits per heavy atom. The SMILES string of the molecule is COc1ccc(Cl)cc1CN1CCN(C(=O)c2cnc(-c3ccccc3)s2)CC1. The van der Waals surface area contributed by atoms with Crippen LogP contribution in [0.5, 0.6) is 5.75 Å². The number of rotatable bonds is 5. The minimum absolute atomic E-state index is 0.0599. The Labute approximate surface area is 179 Å². The van der Waals surface area contributed by atoms with Crippen molar-refractivity contribution in [2.45, 2.75) is 6.54 Å². The molecule has 0 atom stereocenters. The number of halogens is 1. The van der Waals surface area contributed by atoms with Gasteiger partial charge in [0.2, 0.25) is 0 Å². The monoisotopic (exact) mass is 427 g/mol. The fourth-order valence-corrected chi connectivity index (χ4v) is 4.55. The molecular formula is C22H22ClN3O2S. The number of carbonyl (C=O) groups excluding carboxylic acids is 1. The van der Waals surface area contributed by atoms with Crippen LogP contribution in [-0.2, 0) is 6.54 Å². The summed E-state index contributed by atoms with van der Waals surface area (Å²) in [5.74, 6) is 0.899. The summed E-state index contributed by atoms with van der Waals surface area (Å²) in [6.45, 7) is 3.77. The van der Waals surface area contributed by atoms with Gasteiger partial charge in [-0.3, -0.25) is 9.69 Å². The lowest BCUT2D eigenvalue weighted by molar-refractivity contribution is 0.0632. The molecule has 1 saturated heterocycles. The van der Waals surface area contributed by atoms with Crippen molar-refractivity contribution >= 4 is 28.8 Å². The Morgan fingerprint density at radius 2 is 1.90 bits per heavy atom. The molecule has 1 aliphatic heterocycles. The van der Waals surface area contributed by atoms with Crippen molar-refractivity contribution in [1.82, 2.24) is 14.8 Å². The fraction of sp³-hybridized carbons (Fsp3) is 0.273. The minimum Gasteiger partial charge on any atom is -0.496 e. The predicted molar refractivity (Wildman–Crippen MR) is 117 cm³/mol. The lowest BCUT2D eigenvalue weighted by Gasteiger charge is -2.34. The Bertz CT molecular complexity index is 985. The molecule has 1 amide bonds. The zero-order chi connectivity index (χ0) is 20.2. The Morgan fingerprint density at radius 1 is 1.14 bits per heavy atom. The van der Waals surface area contributed by atoms with Gasteiger partial charge in [-0.15, -0.1) is 11.3 Å². The van der Waals surface area contributed by atoms with Crippen molar-refractivity contribution < 1.29 is 9.53 Å². The molecule has 0 spiro atoms. The molecule has 3 aromatic rings. The van der Waals surface area contributed by atoms with E-state index in [9.17, 15) is 4.79 Å². The number of piperazine rings is 1. The first-order valence-corrected chi connectivity index (χ1v) is 10.7. The first-order valence-electron chi connectivity index (χ1n) is 9.49. The smallest absolute Gasteiger partial charge is 0.265 e. The van der Waals surface area contributed by atoms with Gasteiger partial charge in [0, 0.05) is 48.9 Å². The second-order valence-electron chi connectivity index (χ2n) is 6.92. The molecule has 1 fully saturated rings. The number of nitrogens with zero attached hydrogens (tertiary/aromatic N) is 3. The number of hydrogen-bond acceptors (Lipinski definition) is 5. The van der Waals surface area contributed by atoms with E-state index in [-0.39, 0.29) is 5.91 Å². The van der Waals surface area contributed by atoms with Crippen LogP contribution in [0.2, 0.25) is 5.02 Å². The summed E-state index contributed by atoms with van der Waals surface area (Å²) in [4.78, 5) is 22.2. The topological polar surface area (TPSA) is 45.7 Å². The zero-order valence-corrected chi connectivity index (χ0v) is 17.7. The van der Waals surface area contributed by atoms with E-state index >= 15 is 0 Å². The average molecular weight is 428 g/mol. The van der Waals surface area contributed by atoms with E-state index < -0.39 is 0 Å². The second kappa shape index (κ2) is 8.95. The predicted octanol–water partition coefficient (Wildman–Crippen LogP) is 4.43. The molecule has 1 aliphatic rings. The Balaban J connectivity index is 1.37. The molecule has 0 aliphatic carbocycles. The highest BCUT2D eigenvalue weighted by molar-refractivity contribution is 7.16. The van der Waals surface area contributed by atoms with E-state index in [0.29, 0.717) is 23.0 Å². The van der Waals surface area contributed by atoms with E-state index in [0.717, 1.165) is 41.5 Å².